The van der Waals surface area contributed by atoms with Crippen LogP contribution in [0.15, 0.2) is 47.1 Å². The number of methoxy groups -OCH3 is 1. The normalized spacial score (nSPS) is 10.5. The van der Waals surface area contributed by atoms with Crippen molar-refractivity contribution >= 4 is 17.5 Å². The van der Waals surface area contributed by atoms with Gasteiger partial charge in [0, 0.05) is 29.7 Å². The molecule has 1 amide bonds. The van der Waals surface area contributed by atoms with Crippen LogP contribution in [0, 0.1) is 0 Å². The zero-order valence-corrected chi connectivity index (χ0v) is 14.2. The number of rotatable bonds is 6. The molecule has 1 N–H and O–H groups in total. The van der Waals surface area contributed by atoms with Crippen molar-refractivity contribution in [2.45, 2.75) is 6.42 Å². The lowest BCUT2D eigenvalue weighted by Gasteiger charge is -2.06. The van der Waals surface area contributed by atoms with Gasteiger partial charge >= 0.3 is 0 Å². The minimum atomic E-state index is -0.276. The molecule has 1 aromatic carbocycles. The fraction of sp³-hybridized carbons (Fsp3) is 0.176. The standard InChI is InChI=1S/C17H15ClN4O3/c1-24-17-13(3-2-9-20-17)16(23)19-10-8-14-21-15(22-25-14)11-4-6-12(18)7-5-11/h2-7,9H,8,10H2,1H3,(H,19,23). The number of amides is 1. The molecular formula is C17H15ClN4O3. The molecule has 0 aliphatic heterocycles. The number of benzene rings is 1. The minimum absolute atomic E-state index is 0.276. The van der Waals surface area contributed by atoms with Crippen molar-refractivity contribution in [2.75, 3.05) is 13.7 Å². The van der Waals surface area contributed by atoms with Gasteiger partial charge in [-0.1, -0.05) is 16.8 Å². The van der Waals surface area contributed by atoms with Gasteiger partial charge < -0.3 is 14.6 Å². The molecule has 128 valence electrons. The molecule has 25 heavy (non-hydrogen) atoms. The third-order valence-electron chi connectivity index (χ3n) is 3.40. The number of halogens is 1. The summed E-state index contributed by atoms with van der Waals surface area (Å²) < 4.78 is 10.3. The average Bonchev–Trinajstić information content (AvgIpc) is 3.11. The second-order valence-electron chi connectivity index (χ2n) is 5.08. The molecule has 3 aromatic rings. The Morgan fingerprint density at radius 3 is 2.84 bits per heavy atom. The van der Waals surface area contributed by atoms with Crippen LogP contribution in [0.4, 0.5) is 0 Å². The number of nitrogens with zero attached hydrogens (tertiary/aromatic N) is 3. The first-order chi connectivity index (χ1) is 12.2. The van der Waals surface area contributed by atoms with Crippen LogP contribution < -0.4 is 10.1 Å². The van der Waals surface area contributed by atoms with Crippen LogP contribution in [0.1, 0.15) is 16.2 Å². The summed E-state index contributed by atoms with van der Waals surface area (Å²) in [7, 11) is 1.47. The summed E-state index contributed by atoms with van der Waals surface area (Å²) in [5, 5.41) is 7.34. The van der Waals surface area contributed by atoms with Gasteiger partial charge in [0.15, 0.2) is 0 Å². The van der Waals surface area contributed by atoms with Crippen LogP contribution in [0.2, 0.25) is 5.02 Å². The highest BCUT2D eigenvalue weighted by Crippen LogP contribution is 2.18. The number of nitrogens with one attached hydrogen (secondary N) is 1. The average molecular weight is 359 g/mol. The number of hydrogen-bond donors (Lipinski definition) is 1. The molecule has 0 spiro atoms. The molecule has 0 bridgehead atoms. The first kappa shape index (κ1) is 16.9. The zero-order valence-electron chi connectivity index (χ0n) is 13.4. The van der Waals surface area contributed by atoms with E-state index in [2.05, 4.69) is 20.4 Å². The molecule has 7 nitrogen and oxygen atoms in total. The minimum Gasteiger partial charge on any atom is -0.480 e. The number of ether oxygens (including phenoxy) is 1. The molecule has 0 fully saturated rings. The molecule has 8 heteroatoms. The van der Waals surface area contributed by atoms with Gasteiger partial charge in [-0.05, 0) is 36.4 Å². The van der Waals surface area contributed by atoms with Gasteiger partial charge in [-0.25, -0.2) is 4.98 Å². The molecule has 2 aromatic heterocycles. The molecule has 3 rings (SSSR count). The molecule has 0 saturated heterocycles. The van der Waals surface area contributed by atoms with Gasteiger partial charge in [0.2, 0.25) is 17.6 Å². The van der Waals surface area contributed by atoms with Crippen molar-refractivity contribution in [3.05, 3.63) is 59.1 Å². The summed E-state index contributed by atoms with van der Waals surface area (Å²) in [5.41, 5.74) is 1.18. The summed E-state index contributed by atoms with van der Waals surface area (Å²) in [4.78, 5) is 20.5. The van der Waals surface area contributed by atoms with Crippen molar-refractivity contribution in [2.24, 2.45) is 0 Å². The highest BCUT2D eigenvalue weighted by Gasteiger charge is 2.13. The Morgan fingerprint density at radius 1 is 1.28 bits per heavy atom. The van der Waals surface area contributed by atoms with Crippen LogP contribution in [0.25, 0.3) is 11.4 Å². The summed E-state index contributed by atoms with van der Waals surface area (Å²) in [5.74, 6) is 0.917. The van der Waals surface area contributed by atoms with Crippen LogP contribution >= 0.6 is 11.6 Å². The monoisotopic (exact) mass is 358 g/mol. The van der Waals surface area contributed by atoms with E-state index in [0.29, 0.717) is 35.3 Å². The van der Waals surface area contributed by atoms with E-state index in [4.69, 9.17) is 20.9 Å². The SMILES string of the molecule is COc1ncccc1C(=O)NCCc1nc(-c2ccc(Cl)cc2)no1. The van der Waals surface area contributed by atoms with E-state index in [1.807, 2.05) is 12.1 Å². The molecule has 0 unspecified atom stereocenters. The Bertz CT molecular complexity index is 864. The van der Waals surface area contributed by atoms with Crippen LogP contribution in [-0.2, 0) is 6.42 Å². The van der Waals surface area contributed by atoms with Gasteiger partial charge in [0.25, 0.3) is 5.91 Å². The molecule has 2 heterocycles. The quantitative estimate of drug-likeness (QED) is 0.728. The van der Waals surface area contributed by atoms with Crippen molar-refractivity contribution in [3.63, 3.8) is 0 Å². The summed E-state index contributed by atoms with van der Waals surface area (Å²) in [6.45, 7) is 0.346. The first-order valence-electron chi connectivity index (χ1n) is 7.53. The van der Waals surface area contributed by atoms with E-state index in [1.54, 1.807) is 30.5 Å². The number of hydrogen-bond acceptors (Lipinski definition) is 6. The molecule has 0 aliphatic carbocycles. The lowest BCUT2D eigenvalue weighted by atomic mass is 10.2. The molecule has 0 saturated carbocycles. The number of carbonyl (C=O) groups is 1. The fourth-order valence-electron chi connectivity index (χ4n) is 2.18. The van der Waals surface area contributed by atoms with E-state index in [1.165, 1.54) is 7.11 Å². The zero-order chi connectivity index (χ0) is 17.6. The smallest absolute Gasteiger partial charge is 0.256 e. The highest BCUT2D eigenvalue weighted by molar-refractivity contribution is 6.30. The van der Waals surface area contributed by atoms with E-state index in [0.717, 1.165) is 5.56 Å². The van der Waals surface area contributed by atoms with Gasteiger partial charge in [-0.2, -0.15) is 4.98 Å². The fourth-order valence-corrected chi connectivity index (χ4v) is 2.30. The van der Waals surface area contributed by atoms with E-state index in [-0.39, 0.29) is 11.8 Å². The van der Waals surface area contributed by atoms with Gasteiger partial charge in [-0.15, -0.1) is 0 Å². The summed E-state index contributed by atoms with van der Waals surface area (Å²) in [6, 6.07) is 10.5. The van der Waals surface area contributed by atoms with Crippen molar-refractivity contribution in [1.82, 2.24) is 20.4 Å². The predicted octanol–water partition coefficient (Wildman–Crippen LogP) is 2.77. The second-order valence-corrected chi connectivity index (χ2v) is 5.52. The van der Waals surface area contributed by atoms with Gasteiger partial charge in [0.1, 0.15) is 5.56 Å². The largest absolute Gasteiger partial charge is 0.480 e. The van der Waals surface area contributed by atoms with Gasteiger partial charge in [0.05, 0.1) is 7.11 Å². The highest BCUT2D eigenvalue weighted by atomic mass is 35.5. The maximum Gasteiger partial charge on any atom is 0.256 e. The van der Waals surface area contributed by atoms with E-state index >= 15 is 0 Å². The lowest BCUT2D eigenvalue weighted by molar-refractivity contribution is 0.0949. The second kappa shape index (κ2) is 7.76. The molecule has 0 atom stereocenters. The van der Waals surface area contributed by atoms with Crippen molar-refractivity contribution < 1.29 is 14.1 Å². The lowest BCUT2D eigenvalue weighted by Crippen LogP contribution is -2.26. The predicted molar refractivity (Wildman–Crippen MR) is 91.6 cm³/mol. The van der Waals surface area contributed by atoms with E-state index < -0.39 is 0 Å². The first-order valence-corrected chi connectivity index (χ1v) is 7.91. The van der Waals surface area contributed by atoms with Gasteiger partial charge in [-0.3, -0.25) is 4.79 Å². The molecule has 0 radical (unpaired) electrons. The topological polar surface area (TPSA) is 90.1 Å². The maximum atomic E-state index is 12.2. The third-order valence-corrected chi connectivity index (χ3v) is 3.66. The Labute approximate surface area is 149 Å². The van der Waals surface area contributed by atoms with Crippen LogP contribution in [-0.4, -0.2) is 34.7 Å². The molecule has 0 aliphatic rings. The maximum absolute atomic E-state index is 12.2. The summed E-state index contributed by atoms with van der Waals surface area (Å²) >= 11 is 5.86. The Balaban J connectivity index is 1.57. The molecular weight excluding hydrogens is 344 g/mol. The number of aromatic nitrogens is 3. The van der Waals surface area contributed by atoms with Crippen molar-refractivity contribution in [1.29, 1.82) is 0 Å². The Morgan fingerprint density at radius 2 is 2.08 bits per heavy atom. The Hall–Kier alpha value is -2.93. The number of carbonyl (C=O) groups excluding carboxylic acids is 1. The van der Waals surface area contributed by atoms with Crippen LogP contribution in [0.5, 0.6) is 5.88 Å². The van der Waals surface area contributed by atoms with Crippen molar-refractivity contribution in [3.8, 4) is 17.3 Å². The third kappa shape index (κ3) is 4.13. The summed E-state index contributed by atoms with van der Waals surface area (Å²) in [6.07, 6.45) is 1.97. The van der Waals surface area contributed by atoms with E-state index in [9.17, 15) is 4.79 Å². The number of pyridine rings is 1. The van der Waals surface area contributed by atoms with Crippen LogP contribution in [0.3, 0.4) is 0 Å². The Kier molecular flexibility index (Phi) is 5.25.